The molecule has 0 aliphatic heterocycles. The Morgan fingerprint density at radius 1 is 1.19 bits per heavy atom. The second-order valence-corrected chi connectivity index (χ2v) is 4.64. The first-order chi connectivity index (χ1) is 7.70. The van der Waals surface area contributed by atoms with Crippen LogP contribution in [0.25, 0.3) is 0 Å². The van der Waals surface area contributed by atoms with Crippen molar-refractivity contribution < 1.29 is 4.42 Å². The first kappa shape index (κ1) is 10.8. The monoisotopic (exact) mass is 229 g/mol. The van der Waals surface area contributed by atoms with Crippen molar-refractivity contribution in [1.29, 1.82) is 5.26 Å². The van der Waals surface area contributed by atoms with Crippen LogP contribution in [0.3, 0.4) is 0 Å². The van der Waals surface area contributed by atoms with Gasteiger partial charge < -0.3 is 4.42 Å². The number of nitriles is 1. The zero-order chi connectivity index (χ0) is 11.5. The molecule has 1 heterocycles. The van der Waals surface area contributed by atoms with E-state index < -0.39 is 0 Å². The average molecular weight is 229 g/mol. The van der Waals surface area contributed by atoms with Crippen LogP contribution in [0.5, 0.6) is 0 Å². The van der Waals surface area contributed by atoms with Crippen LogP contribution in [0, 0.1) is 25.2 Å². The highest BCUT2D eigenvalue weighted by molar-refractivity contribution is 7.99. The molecule has 80 valence electrons. The molecule has 0 spiro atoms. The molecule has 0 aliphatic rings. The lowest BCUT2D eigenvalue weighted by atomic mass is 10.2. The maximum absolute atomic E-state index is 9.05. The van der Waals surface area contributed by atoms with Crippen LogP contribution < -0.4 is 0 Å². The molecule has 1 aromatic carbocycles. The van der Waals surface area contributed by atoms with Gasteiger partial charge in [0.2, 0.25) is 0 Å². The summed E-state index contributed by atoms with van der Waals surface area (Å²) in [5.74, 6) is 0.884. The third-order valence-electron chi connectivity index (χ3n) is 2.29. The minimum Gasteiger partial charge on any atom is -0.468 e. The summed E-state index contributed by atoms with van der Waals surface area (Å²) in [7, 11) is 0. The highest BCUT2D eigenvalue weighted by Crippen LogP contribution is 2.33. The van der Waals surface area contributed by atoms with Gasteiger partial charge in [-0.15, -0.1) is 0 Å². The standard InChI is InChI=1S/C13H11NOS/c1-9-3-4-13(11(7-9)8-14)16-12-5-6-15-10(12)2/h3-7H,1-2H3. The van der Waals surface area contributed by atoms with Crippen LogP contribution >= 0.6 is 11.8 Å². The second kappa shape index (κ2) is 4.46. The first-order valence-corrected chi connectivity index (χ1v) is 5.75. The molecule has 16 heavy (non-hydrogen) atoms. The number of benzene rings is 1. The van der Waals surface area contributed by atoms with E-state index in [0.29, 0.717) is 5.56 Å². The molecule has 0 fully saturated rings. The lowest BCUT2D eigenvalue weighted by Gasteiger charge is -2.03. The molecule has 0 atom stereocenters. The molecule has 0 radical (unpaired) electrons. The summed E-state index contributed by atoms with van der Waals surface area (Å²) in [5, 5.41) is 9.05. The van der Waals surface area contributed by atoms with Gasteiger partial charge in [-0.1, -0.05) is 17.8 Å². The van der Waals surface area contributed by atoms with Gasteiger partial charge in [0, 0.05) is 4.90 Å². The van der Waals surface area contributed by atoms with Crippen molar-refractivity contribution in [2.45, 2.75) is 23.6 Å². The van der Waals surface area contributed by atoms with Crippen molar-refractivity contribution in [3.8, 4) is 6.07 Å². The maximum atomic E-state index is 9.05. The molecular formula is C13H11NOS. The molecule has 0 amide bonds. The summed E-state index contributed by atoms with van der Waals surface area (Å²) >= 11 is 1.56. The third-order valence-corrected chi connectivity index (χ3v) is 3.51. The summed E-state index contributed by atoms with van der Waals surface area (Å²) in [6.45, 7) is 3.90. The van der Waals surface area contributed by atoms with Gasteiger partial charge in [-0.2, -0.15) is 5.26 Å². The molecule has 0 unspecified atom stereocenters. The van der Waals surface area contributed by atoms with Gasteiger partial charge in [0.05, 0.1) is 16.7 Å². The van der Waals surface area contributed by atoms with Gasteiger partial charge in [-0.25, -0.2) is 0 Å². The largest absolute Gasteiger partial charge is 0.468 e. The molecule has 0 N–H and O–H groups in total. The Morgan fingerprint density at radius 3 is 2.62 bits per heavy atom. The summed E-state index contributed by atoms with van der Waals surface area (Å²) < 4.78 is 5.23. The van der Waals surface area contributed by atoms with Gasteiger partial charge in [0.15, 0.2) is 0 Å². The number of aryl methyl sites for hydroxylation is 2. The Bertz CT molecular complexity index is 551. The SMILES string of the molecule is Cc1ccc(Sc2ccoc2C)c(C#N)c1. The summed E-state index contributed by atoms with van der Waals surface area (Å²) in [5.41, 5.74) is 1.82. The smallest absolute Gasteiger partial charge is 0.114 e. The van der Waals surface area contributed by atoms with Gasteiger partial charge in [-0.3, -0.25) is 0 Å². The number of rotatable bonds is 2. The van der Waals surface area contributed by atoms with E-state index in [1.54, 1.807) is 18.0 Å². The van der Waals surface area contributed by atoms with Gasteiger partial charge in [0.1, 0.15) is 11.8 Å². The predicted molar refractivity (Wildman–Crippen MR) is 63.5 cm³/mol. The molecule has 1 aromatic heterocycles. The van der Waals surface area contributed by atoms with E-state index in [1.165, 1.54) is 0 Å². The Labute approximate surface area is 98.9 Å². The van der Waals surface area contributed by atoms with E-state index in [9.17, 15) is 0 Å². The second-order valence-electron chi connectivity index (χ2n) is 3.55. The Hall–Kier alpha value is -1.66. The van der Waals surface area contributed by atoms with Crippen molar-refractivity contribution in [3.05, 3.63) is 47.4 Å². The average Bonchev–Trinajstić information content (AvgIpc) is 2.67. The lowest BCUT2D eigenvalue weighted by molar-refractivity contribution is 0.527. The van der Waals surface area contributed by atoms with E-state index >= 15 is 0 Å². The fraction of sp³-hybridized carbons (Fsp3) is 0.154. The van der Waals surface area contributed by atoms with E-state index in [2.05, 4.69) is 6.07 Å². The first-order valence-electron chi connectivity index (χ1n) is 4.93. The lowest BCUT2D eigenvalue weighted by Crippen LogP contribution is -1.83. The normalized spacial score (nSPS) is 10.1. The van der Waals surface area contributed by atoms with Gasteiger partial charge in [0.25, 0.3) is 0 Å². The zero-order valence-corrected chi connectivity index (χ0v) is 9.97. The summed E-state index contributed by atoms with van der Waals surface area (Å²) in [4.78, 5) is 2.03. The molecule has 0 saturated carbocycles. The third kappa shape index (κ3) is 2.12. The van der Waals surface area contributed by atoms with Crippen LogP contribution in [-0.2, 0) is 0 Å². The van der Waals surface area contributed by atoms with Crippen molar-refractivity contribution in [1.82, 2.24) is 0 Å². The van der Waals surface area contributed by atoms with Gasteiger partial charge >= 0.3 is 0 Å². The minimum absolute atomic E-state index is 0.714. The van der Waals surface area contributed by atoms with Crippen LogP contribution in [0.1, 0.15) is 16.9 Å². The minimum atomic E-state index is 0.714. The zero-order valence-electron chi connectivity index (χ0n) is 9.15. The van der Waals surface area contributed by atoms with Crippen LogP contribution in [0.2, 0.25) is 0 Å². The summed E-state index contributed by atoms with van der Waals surface area (Å²) in [6.07, 6.45) is 1.66. The van der Waals surface area contributed by atoms with Crippen LogP contribution in [-0.4, -0.2) is 0 Å². The molecule has 0 bridgehead atoms. The Morgan fingerprint density at radius 2 is 2.00 bits per heavy atom. The molecule has 2 aromatic rings. The van der Waals surface area contributed by atoms with Crippen molar-refractivity contribution in [3.63, 3.8) is 0 Å². The number of furan rings is 1. The van der Waals surface area contributed by atoms with Crippen molar-refractivity contribution >= 4 is 11.8 Å². The highest BCUT2D eigenvalue weighted by atomic mass is 32.2. The van der Waals surface area contributed by atoms with Crippen LogP contribution in [0.4, 0.5) is 0 Å². The van der Waals surface area contributed by atoms with E-state index in [4.69, 9.17) is 9.68 Å². The Balaban J connectivity index is 2.36. The highest BCUT2D eigenvalue weighted by Gasteiger charge is 2.07. The topological polar surface area (TPSA) is 36.9 Å². The molecule has 3 heteroatoms. The summed E-state index contributed by atoms with van der Waals surface area (Å²) in [6, 6.07) is 10.0. The van der Waals surface area contributed by atoms with E-state index in [-0.39, 0.29) is 0 Å². The predicted octanol–water partition coefficient (Wildman–Crippen LogP) is 3.92. The maximum Gasteiger partial charge on any atom is 0.114 e. The molecule has 0 saturated heterocycles. The van der Waals surface area contributed by atoms with Crippen molar-refractivity contribution in [2.24, 2.45) is 0 Å². The number of nitrogens with zero attached hydrogens (tertiary/aromatic N) is 1. The molecule has 2 nitrogen and oxygen atoms in total. The van der Waals surface area contributed by atoms with E-state index in [1.807, 2.05) is 38.1 Å². The fourth-order valence-corrected chi connectivity index (χ4v) is 2.32. The van der Waals surface area contributed by atoms with Gasteiger partial charge in [-0.05, 0) is 37.6 Å². The Kier molecular flexibility index (Phi) is 3.02. The van der Waals surface area contributed by atoms with E-state index in [0.717, 1.165) is 21.1 Å². The fourth-order valence-electron chi connectivity index (χ4n) is 1.42. The number of hydrogen-bond donors (Lipinski definition) is 0. The van der Waals surface area contributed by atoms with Crippen molar-refractivity contribution in [2.75, 3.05) is 0 Å². The number of hydrogen-bond acceptors (Lipinski definition) is 3. The molecular weight excluding hydrogens is 218 g/mol. The molecule has 2 rings (SSSR count). The molecule has 0 aliphatic carbocycles. The van der Waals surface area contributed by atoms with Crippen LogP contribution in [0.15, 0.2) is 44.7 Å². The quantitative estimate of drug-likeness (QED) is 0.783.